The molecular weight excluding hydrogens is 296 g/mol. The molecule has 0 atom stereocenters. The van der Waals surface area contributed by atoms with Crippen molar-refractivity contribution in [2.45, 2.75) is 11.6 Å². The molecule has 3 rings (SSSR count). The maximum Gasteiger partial charge on any atom is 0.233 e. The Balaban J connectivity index is 1.59. The number of carbonyl (C=O) groups is 1. The Morgan fingerprint density at radius 3 is 2.86 bits per heavy atom. The molecule has 0 saturated heterocycles. The van der Waals surface area contributed by atoms with Crippen LogP contribution in [0.2, 0.25) is 0 Å². The minimum absolute atomic E-state index is 0.0522. The molecule has 112 valence electrons. The van der Waals surface area contributed by atoms with Crippen LogP contribution < -0.4 is 0 Å². The Bertz CT molecular complexity index is 771. The number of hydrogen-bond acceptors (Lipinski definition) is 4. The van der Waals surface area contributed by atoms with Crippen LogP contribution in [-0.2, 0) is 11.3 Å². The van der Waals surface area contributed by atoms with E-state index in [2.05, 4.69) is 4.98 Å². The van der Waals surface area contributed by atoms with Crippen LogP contribution >= 0.6 is 11.8 Å². The van der Waals surface area contributed by atoms with Gasteiger partial charge < -0.3 is 9.32 Å². The van der Waals surface area contributed by atoms with Gasteiger partial charge in [0.1, 0.15) is 5.76 Å². The van der Waals surface area contributed by atoms with Gasteiger partial charge in [0.15, 0.2) is 0 Å². The number of aromatic nitrogens is 1. The summed E-state index contributed by atoms with van der Waals surface area (Å²) in [5.74, 6) is 1.20. The number of fused-ring (bicyclic) bond motifs is 1. The first-order chi connectivity index (χ1) is 10.7. The summed E-state index contributed by atoms with van der Waals surface area (Å²) in [6.07, 6.45) is 1.61. The van der Waals surface area contributed by atoms with Gasteiger partial charge in [0.25, 0.3) is 0 Å². The van der Waals surface area contributed by atoms with E-state index in [1.54, 1.807) is 18.2 Å². The summed E-state index contributed by atoms with van der Waals surface area (Å²) in [7, 11) is 1.78. The topological polar surface area (TPSA) is 46.3 Å². The van der Waals surface area contributed by atoms with Crippen LogP contribution in [0.3, 0.4) is 0 Å². The van der Waals surface area contributed by atoms with Crippen molar-refractivity contribution in [3.63, 3.8) is 0 Å². The van der Waals surface area contributed by atoms with Crippen molar-refractivity contribution in [3.8, 4) is 0 Å². The number of furan rings is 1. The van der Waals surface area contributed by atoms with Crippen LogP contribution in [0.25, 0.3) is 10.9 Å². The van der Waals surface area contributed by atoms with Crippen molar-refractivity contribution in [1.82, 2.24) is 9.88 Å². The van der Waals surface area contributed by atoms with Crippen molar-refractivity contribution >= 4 is 28.6 Å². The van der Waals surface area contributed by atoms with Crippen LogP contribution in [0, 0.1) is 0 Å². The fourth-order valence-electron chi connectivity index (χ4n) is 2.10. The largest absolute Gasteiger partial charge is 0.467 e. The van der Waals surface area contributed by atoms with Gasteiger partial charge in [-0.05, 0) is 24.3 Å². The number of benzene rings is 1. The zero-order chi connectivity index (χ0) is 15.4. The third-order valence-corrected chi connectivity index (χ3v) is 4.23. The highest BCUT2D eigenvalue weighted by molar-refractivity contribution is 7.99. The van der Waals surface area contributed by atoms with E-state index < -0.39 is 0 Å². The molecule has 3 aromatic rings. The van der Waals surface area contributed by atoms with E-state index >= 15 is 0 Å². The van der Waals surface area contributed by atoms with Gasteiger partial charge in [-0.1, -0.05) is 36.0 Å². The first-order valence-electron chi connectivity index (χ1n) is 6.97. The molecule has 0 spiro atoms. The molecule has 0 saturated carbocycles. The van der Waals surface area contributed by atoms with Crippen molar-refractivity contribution in [1.29, 1.82) is 0 Å². The summed E-state index contributed by atoms with van der Waals surface area (Å²) >= 11 is 1.45. The highest BCUT2D eigenvalue weighted by Crippen LogP contribution is 2.20. The molecule has 0 bridgehead atoms. The molecule has 0 fully saturated rings. The van der Waals surface area contributed by atoms with Crippen LogP contribution in [0.1, 0.15) is 5.76 Å². The van der Waals surface area contributed by atoms with Gasteiger partial charge in [0.05, 0.1) is 29.1 Å². The summed E-state index contributed by atoms with van der Waals surface area (Å²) in [5.41, 5.74) is 0.948. The molecule has 2 aromatic heterocycles. The van der Waals surface area contributed by atoms with Crippen LogP contribution in [0.15, 0.2) is 64.2 Å². The number of rotatable bonds is 5. The van der Waals surface area contributed by atoms with E-state index in [4.69, 9.17) is 4.42 Å². The van der Waals surface area contributed by atoms with E-state index in [1.807, 2.05) is 48.5 Å². The minimum atomic E-state index is 0.0522. The lowest BCUT2D eigenvalue weighted by molar-refractivity contribution is -0.127. The number of pyridine rings is 1. The van der Waals surface area contributed by atoms with Crippen LogP contribution in [0.4, 0.5) is 0 Å². The fraction of sp³-hybridized carbons (Fsp3) is 0.176. The Hall–Kier alpha value is -2.27. The first-order valence-corrected chi connectivity index (χ1v) is 7.96. The normalized spacial score (nSPS) is 10.8. The van der Waals surface area contributed by atoms with E-state index in [0.717, 1.165) is 21.7 Å². The van der Waals surface area contributed by atoms with Gasteiger partial charge in [0.2, 0.25) is 5.91 Å². The highest BCUT2D eigenvalue weighted by atomic mass is 32.2. The Morgan fingerprint density at radius 1 is 1.18 bits per heavy atom. The smallest absolute Gasteiger partial charge is 0.233 e. The predicted octanol–water partition coefficient (Wildman–Crippen LogP) is 3.58. The number of amides is 1. The summed E-state index contributed by atoms with van der Waals surface area (Å²) in [6, 6.07) is 15.6. The second-order valence-corrected chi connectivity index (χ2v) is 5.96. The number of para-hydroxylation sites is 1. The summed E-state index contributed by atoms with van der Waals surface area (Å²) in [4.78, 5) is 18.4. The molecule has 0 aliphatic rings. The quantitative estimate of drug-likeness (QED) is 0.676. The van der Waals surface area contributed by atoms with Gasteiger partial charge in [-0.2, -0.15) is 0 Å². The van der Waals surface area contributed by atoms with Crippen molar-refractivity contribution < 1.29 is 9.21 Å². The van der Waals surface area contributed by atoms with E-state index in [9.17, 15) is 4.79 Å². The lowest BCUT2D eigenvalue weighted by atomic mass is 10.2. The van der Waals surface area contributed by atoms with E-state index in [0.29, 0.717) is 12.3 Å². The Kier molecular flexibility index (Phi) is 4.44. The van der Waals surface area contributed by atoms with Crippen LogP contribution in [-0.4, -0.2) is 28.6 Å². The average molecular weight is 312 g/mol. The summed E-state index contributed by atoms with van der Waals surface area (Å²) in [5, 5.41) is 1.96. The second kappa shape index (κ2) is 6.66. The SMILES string of the molecule is CN(Cc1ccco1)C(=O)CSc1ccc2ccccc2n1. The third kappa shape index (κ3) is 3.49. The van der Waals surface area contributed by atoms with Gasteiger partial charge in [0, 0.05) is 12.4 Å². The molecule has 0 unspecified atom stereocenters. The number of thioether (sulfide) groups is 1. The van der Waals surface area contributed by atoms with Crippen molar-refractivity contribution in [2.24, 2.45) is 0 Å². The predicted molar refractivity (Wildman–Crippen MR) is 87.6 cm³/mol. The van der Waals surface area contributed by atoms with Crippen LogP contribution in [0.5, 0.6) is 0 Å². The van der Waals surface area contributed by atoms with Gasteiger partial charge in [-0.15, -0.1) is 0 Å². The summed E-state index contributed by atoms with van der Waals surface area (Å²) < 4.78 is 5.25. The minimum Gasteiger partial charge on any atom is -0.467 e. The van der Waals surface area contributed by atoms with E-state index in [1.165, 1.54) is 11.8 Å². The van der Waals surface area contributed by atoms with Gasteiger partial charge in [-0.3, -0.25) is 4.79 Å². The zero-order valence-electron chi connectivity index (χ0n) is 12.2. The van der Waals surface area contributed by atoms with Crippen molar-refractivity contribution in [2.75, 3.05) is 12.8 Å². The first kappa shape index (κ1) is 14.7. The maximum atomic E-state index is 12.1. The van der Waals surface area contributed by atoms with E-state index in [-0.39, 0.29) is 5.91 Å². The summed E-state index contributed by atoms with van der Waals surface area (Å²) in [6.45, 7) is 0.484. The third-order valence-electron chi connectivity index (χ3n) is 3.32. The molecule has 22 heavy (non-hydrogen) atoms. The molecule has 5 heteroatoms. The molecule has 1 aromatic carbocycles. The van der Waals surface area contributed by atoms with Gasteiger partial charge in [-0.25, -0.2) is 4.98 Å². The molecule has 0 N–H and O–H groups in total. The molecule has 1 amide bonds. The lowest BCUT2D eigenvalue weighted by Crippen LogP contribution is -2.27. The number of carbonyl (C=O) groups excluding carboxylic acids is 1. The molecule has 0 aliphatic carbocycles. The Labute approximate surface area is 133 Å². The highest BCUT2D eigenvalue weighted by Gasteiger charge is 2.11. The molecule has 0 aliphatic heterocycles. The fourth-order valence-corrected chi connectivity index (χ4v) is 2.92. The zero-order valence-corrected chi connectivity index (χ0v) is 13.0. The lowest BCUT2D eigenvalue weighted by Gasteiger charge is -2.15. The molecular formula is C17H16N2O2S. The maximum absolute atomic E-state index is 12.1. The standard InChI is InChI=1S/C17H16N2O2S/c1-19(11-14-6-4-10-21-14)17(20)12-22-16-9-8-13-5-2-3-7-15(13)18-16/h2-10H,11-12H2,1H3. The monoisotopic (exact) mass is 312 g/mol. The number of hydrogen-bond donors (Lipinski definition) is 0. The van der Waals surface area contributed by atoms with Crippen molar-refractivity contribution in [3.05, 3.63) is 60.6 Å². The van der Waals surface area contributed by atoms with Gasteiger partial charge >= 0.3 is 0 Å². The number of nitrogens with zero attached hydrogens (tertiary/aromatic N) is 2. The average Bonchev–Trinajstić information content (AvgIpc) is 3.05. The molecule has 0 radical (unpaired) electrons. The second-order valence-electron chi connectivity index (χ2n) is 4.96. The Morgan fingerprint density at radius 2 is 2.05 bits per heavy atom. The molecule has 2 heterocycles. The molecule has 4 nitrogen and oxygen atoms in total.